The van der Waals surface area contributed by atoms with Gasteiger partial charge in [-0.25, -0.2) is 0 Å². The first-order valence-corrected chi connectivity index (χ1v) is 8.01. The van der Waals surface area contributed by atoms with Gasteiger partial charge in [0.1, 0.15) is 5.75 Å². The summed E-state index contributed by atoms with van der Waals surface area (Å²) in [4.78, 5) is 6.79. The second kappa shape index (κ2) is 7.25. The third-order valence-corrected chi connectivity index (χ3v) is 4.91. The van der Waals surface area contributed by atoms with Gasteiger partial charge in [0.05, 0.1) is 12.7 Å². The van der Waals surface area contributed by atoms with Crippen LogP contribution in [-0.4, -0.2) is 55.1 Å². The molecule has 2 rings (SSSR count). The predicted molar refractivity (Wildman–Crippen MR) is 90.9 cm³/mol. The zero-order valence-electron chi connectivity index (χ0n) is 14.1. The Labute approximate surface area is 133 Å². The lowest BCUT2D eigenvalue weighted by Crippen LogP contribution is -2.53. The first kappa shape index (κ1) is 17.0. The highest BCUT2D eigenvalue weighted by Crippen LogP contribution is 2.33. The molecular formula is C18H28N2O2. The summed E-state index contributed by atoms with van der Waals surface area (Å²) >= 11 is 0. The van der Waals surface area contributed by atoms with E-state index in [9.17, 15) is 5.11 Å². The van der Waals surface area contributed by atoms with Crippen LogP contribution in [0.1, 0.15) is 32.3 Å². The molecule has 1 fully saturated rings. The Morgan fingerprint density at radius 1 is 1.36 bits per heavy atom. The number of benzene rings is 1. The van der Waals surface area contributed by atoms with Gasteiger partial charge in [0.25, 0.3) is 0 Å². The lowest BCUT2D eigenvalue weighted by Gasteiger charge is -2.45. The Bertz CT molecular complexity index is 500. The number of aliphatic hydroxyl groups is 1. The summed E-state index contributed by atoms with van der Waals surface area (Å²) in [6.45, 7) is 5.91. The number of hydrogen-bond donors (Lipinski definition) is 1. The van der Waals surface area contributed by atoms with Crippen LogP contribution in [0.15, 0.2) is 29.3 Å². The van der Waals surface area contributed by atoms with Gasteiger partial charge in [0.2, 0.25) is 0 Å². The molecule has 0 spiro atoms. The second-order valence-corrected chi connectivity index (χ2v) is 6.56. The second-order valence-electron chi connectivity index (χ2n) is 6.56. The smallest absolute Gasteiger partial charge is 0.118 e. The van der Waals surface area contributed by atoms with Crippen molar-refractivity contribution in [3.05, 3.63) is 29.8 Å². The van der Waals surface area contributed by atoms with E-state index in [0.717, 1.165) is 30.7 Å². The first-order valence-electron chi connectivity index (χ1n) is 8.01. The molecule has 1 aliphatic heterocycles. The van der Waals surface area contributed by atoms with Crippen LogP contribution < -0.4 is 4.74 Å². The zero-order valence-corrected chi connectivity index (χ0v) is 14.1. The molecule has 1 heterocycles. The Hall–Kier alpha value is -1.39. The molecule has 1 aromatic rings. The standard InChI is InChI=1S/C18H28N2O2/c1-14-13-20(3)15(2)11-18(14,21)9-10-19-12-16-5-7-17(22-4)8-6-16/h5-8,12,14-15,21H,9-11,13H2,1-4H3. The Kier molecular flexibility index (Phi) is 5.59. The van der Waals surface area contributed by atoms with Gasteiger partial charge in [-0.05, 0) is 62.6 Å². The van der Waals surface area contributed by atoms with Crippen LogP contribution in [0, 0.1) is 5.92 Å². The minimum absolute atomic E-state index is 0.282. The van der Waals surface area contributed by atoms with Gasteiger partial charge in [-0.1, -0.05) is 6.92 Å². The number of hydrogen-bond acceptors (Lipinski definition) is 4. The normalized spacial score (nSPS) is 29.9. The van der Waals surface area contributed by atoms with E-state index in [1.807, 2.05) is 30.5 Å². The highest BCUT2D eigenvalue weighted by molar-refractivity contribution is 5.79. The highest BCUT2D eigenvalue weighted by atomic mass is 16.5. The fourth-order valence-electron chi connectivity index (χ4n) is 3.12. The van der Waals surface area contributed by atoms with E-state index in [4.69, 9.17) is 4.74 Å². The van der Waals surface area contributed by atoms with E-state index in [1.165, 1.54) is 0 Å². The molecule has 1 aromatic carbocycles. The van der Waals surface area contributed by atoms with Gasteiger partial charge in [0.15, 0.2) is 0 Å². The Morgan fingerprint density at radius 3 is 2.68 bits per heavy atom. The molecule has 122 valence electrons. The molecule has 0 saturated carbocycles. The van der Waals surface area contributed by atoms with Gasteiger partial charge < -0.3 is 14.7 Å². The molecular weight excluding hydrogens is 276 g/mol. The molecule has 1 N–H and O–H groups in total. The number of rotatable bonds is 5. The average molecular weight is 304 g/mol. The lowest BCUT2D eigenvalue weighted by molar-refractivity contribution is -0.0818. The summed E-state index contributed by atoms with van der Waals surface area (Å²) in [6.07, 6.45) is 3.41. The van der Waals surface area contributed by atoms with Crippen molar-refractivity contribution in [2.75, 3.05) is 27.2 Å². The lowest BCUT2D eigenvalue weighted by atomic mass is 9.77. The third kappa shape index (κ3) is 4.08. The third-order valence-electron chi connectivity index (χ3n) is 4.91. The van der Waals surface area contributed by atoms with E-state index in [2.05, 4.69) is 30.8 Å². The fourth-order valence-corrected chi connectivity index (χ4v) is 3.12. The molecule has 0 bridgehead atoms. The van der Waals surface area contributed by atoms with Crippen molar-refractivity contribution in [2.24, 2.45) is 10.9 Å². The van der Waals surface area contributed by atoms with E-state index in [-0.39, 0.29) is 5.92 Å². The molecule has 0 amide bonds. The maximum atomic E-state index is 10.9. The van der Waals surface area contributed by atoms with Crippen LogP contribution >= 0.6 is 0 Å². The van der Waals surface area contributed by atoms with Crippen molar-refractivity contribution in [1.29, 1.82) is 0 Å². The molecule has 1 aliphatic rings. The Morgan fingerprint density at radius 2 is 2.05 bits per heavy atom. The van der Waals surface area contributed by atoms with Crippen LogP contribution in [0.4, 0.5) is 0 Å². The minimum atomic E-state index is -0.594. The quantitative estimate of drug-likeness (QED) is 0.851. The van der Waals surface area contributed by atoms with Crippen molar-refractivity contribution in [3.8, 4) is 5.75 Å². The summed E-state index contributed by atoms with van der Waals surface area (Å²) in [5.41, 5.74) is 0.459. The molecule has 22 heavy (non-hydrogen) atoms. The molecule has 4 nitrogen and oxygen atoms in total. The molecule has 4 heteroatoms. The molecule has 0 radical (unpaired) electrons. The molecule has 1 saturated heterocycles. The van der Waals surface area contributed by atoms with Crippen molar-refractivity contribution in [1.82, 2.24) is 4.90 Å². The van der Waals surface area contributed by atoms with Gasteiger partial charge in [-0.2, -0.15) is 0 Å². The number of ether oxygens (including phenoxy) is 1. The molecule has 0 aliphatic carbocycles. The van der Waals surface area contributed by atoms with Gasteiger partial charge >= 0.3 is 0 Å². The highest BCUT2D eigenvalue weighted by Gasteiger charge is 2.40. The predicted octanol–water partition coefficient (Wildman–Crippen LogP) is 2.60. The largest absolute Gasteiger partial charge is 0.497 e. The Balaban J connectivity index is 1.87. The summed E-state index contributed by atoms with van der Waals surface area (Å²) < 4.78 is 5.14. The summed E-state index contributed by atoms with van der Waals surface area (Å²) in [5.74, 6) is 1.13. The van der Waals surface area contributed by atoms with Crippen molar-refractivity contribution in [2.45, 2.75) is 38.3 Å². The van der Waals surface area contributed by atoms with Crippen LogP contribution in [0.2, 0.25) is 0 Å². The van der Waals surface area contributed by atoms with Gasteiger partial charge in [-0.15, -0.1) is 0 Å². The number of methoxy groups -OCH3 is 1. The first-order chi connectivity index (χ1) is 10.4. The average Bonchev–Trinajstić information content (AvgIpc) is 2.50. The van der Waals surface area contributed by atoms with E-state index in [0.29, 0.717) is 12.6 Å². The van der Waals surface area contributed by atoms with Crippen molar-refractivity contribution in [3.63, 3.8) is 0 Å². The molecule has 3 unspecified atom stereocenters. The summed E-state index contributed by atoms with van der Waals surface area (Å²) in [6, 6.07) is 8.24. The maximum absolute atomic E-state index is 10.9. The van der Waals surface area contributed by atoms with E-state index < -0.39 is 5.60 Å². The van der Waals surface area contributed by atoms with Crippen LogP contribution in [0.3, 0.4) is 0 Å². The zero-order chi connectivity index (χ0) is 16.2. The maximum Gasteiger partial charge on any atom is 0.118 e. The van der Waals surface area contributed by atoms with Gasteiger partial charge in [-0.3, -0.25) is 4.99 Å². The van der Waals surface area contributed by atoms with E-state index >= 15 is 0 Å². The van der Waals surface area contributed by atoms with Crippen LogP contribution in [0.5, 0.6) is 5.75 Å². The van der Waals surface area contributed by atoms with E-state index in [1.54, 1.807) is 7.11 Å². The minimum Gasteiger partial charge on any atom is -0.497 e. The molecule has 0 aromatic heterocycles. The monoisotopic (exact) mass is 304 g/mol. The number of piperidine rings is 1. The van der Waals surface area contributed by atoms with Gasteiger partial charge in [0, 0.05) is 25.3 Å². The summed E-state index contributed by atoms with van der Waals surface area (Å²) in [5, 5.41) is 10.9. The fraction of sp³-hybridized carbons (Fsp3) is 0.611. The number of aliphatic imine (C=N–C) groups is 1. The topological polar surface area (TPSA) is 45.1 Å². The van der Waals surface area contributed by atoms with Crippen LogP contribution in [0.25, 0.3) is 0 Å². The van der Waals surface area contributed by atoms with Crippen molar-refractivity contribution >= 4 is 6.21 Å². The van der Waals surface area contributed by atoms with Crippen molar-refractivity contribution < 1.29 is 9.84 Å². The SMILES string of the molecule is COc1ccc(C=NCCC2(O)CC(C)N(C)CC2C)cc1. The number of likely N-dealkylation sites (tertiary alicyclic amines) is 1. The van der Waals surface area contributed by atoms with Crippen LogP contribution in [-0.2, 0) is 0 Å². The molecule has 3 atom stereocenters. The summed E-state index contributed by atoms with van der Waals surface area (Å²) in [7, 11) is 3.79. The number of nitrogens with zero attached hydrogens (tertiary/aromatic N) is 2.